The van der Waals surface area contributed by atoms with E-state index in [1.54, 1.807) is 4.90 Å². The van der Waals surface area contributed by atoms with Crippen LogP contribution in [0.1, 0.15) is 24.0 Å². The molecule has 1 aliphatic rings. The standard InChI is InChI=1S/C20H21NO3/c22-19(14-16-8-3-1-4-9-16)21-13-7-12-18(21)20(23)24-15-17-10-5-2-6-11-17/h1-6,8-11,18H,7,12-15H2/t18-/m0/s1. The molecule has 1 saturated heterocycles. The highest BCUT2D eigenvalue weighted by atomic mass is 16.5. The van der Waals surface area contributed by atoms with Crippen LogP contribution in [0.15, 0.2) is 60.7 Å². The van der Waals surface area contributed by atoms with Gasteiger partial charge in [-0.25, -0.2) is 4.79 Å². The van der Waals surface area contributed by atoms with E-state index < -0.39 is 6.04 Å². The highest BCUT2D eigenvalue weighted by Gasteiger charge is 2.35. The monoisotopic (exact) mass is 323 g/mol. The zero-order valence-electron chi connectivity index (χ0n) is 13.6. The maximum atomic E-state index is 12.5. The molecule has 3 rings (SSSR count). The molecule has 0 saturated carbocycles. The fourth-order valence-electron chi connectivity index (χ4n) is 3.01. The van der Waals surface area contributed by atoms with Crippen LogP contribution in [0, 0.1) is 0 Å². The maximum Gasteiger partial charge on any atom is 0.329 e. The zero-order chi connectivity index (χ0) is 16.8. The van der Waals surface area contributed by atoms with Crippen molar-refractivity contribution in [1.82, 2.24) is 4.90 Å². The molecule has 0 spiro atoms. The second kappa shape index (κ2) is 7.77. The molecule has 0 aliphatic carbocycles. The highest BCUT2D eigenvalue weighted by molar-refractivity contribution is 5.86. The summed E-state index contributed by atoms with van der Waals surface area (Å²) in [6.45, 7) is 0.869. The SMILES string of the molecule is O=C(OCc1ccccc1)[C@@H]1CCCN1C(=O)Cc1ccccc1. The Labute approximate surface area is 142 Å². The van der Waals surface area contributed by atoms with Crippen LogP contribution in [0.5, 0.6) is 0 Å². The van der Waals surface area contributed by atoms with Crippen molar-refractivity contribution in [3.8, 4) is 0 Å². The molecule has 0 aromatic heterocycles. The fraction of sp³-hybridized carbons (Fsp3) is 0.300. The summed E-state index contributed by atoms with van der Waals surface area (Å²) in [5.74, 6) is -0.321. The Morgan fingerprint density at radius 1 is 0.958 bits per heavy atom. The number of carbonyl (C=O) groups is 2. The lowest BCUT2D eigenvalue weighted by molar-refractivity contribution is -0.154. The lowest BCUT2D eigenvalue weighted by atomic mass is 10.1. The number of esters is 1. The molecular formula is C20H21NO3. The first-order valence-corrected chi connectivity index (χ1v) is 8.28. The highest BCUT2D eigenvalue weighted by Crippen LogP contribution is 2.20. The van der Waals surface area contributed by atoms with Crippen molar-refractivity contribution in [3.63, 3.8) is 0 Å². The first-order valence-electron chi connectivity index (χ1n) is 8.28. The van der Waals surface area contributed by atoms with E-state index in [1.807, 2.05) is 60.7 Å². The van der Waals surface area contributed by atoms with E-state index in [1.165, 1.54) is 0 Å². The third-order valence-corrected chi connectivity index (χ3v) is 4.27. The molecule has 4 nitrogen and oxygen atoms in total. The molecule has 1 fully saturated rings. The first kappa shape index (κ1) is 16.2. The van der Waals surface area contributed by atoms with E-state index in [9.17, 15) is 9.59 Å². The Morgan fingerprint density at radius 3 is 2.25 bits per heavy atom. The lowest BCUT2D eigenvalue weighted by Gasteiger charge is -2.23. The largest absolute Gasteiger partial charge is 0.459 e. The van der Waals surface area contributed by atoms with Gasteiger partial charge in [0, 0.05) is 6.54 Å². The second-order valence-corrected chi connectivity index (χ2v) is 6.00. The zero-order valence-corrected chi connectivity index (χ0v) is 13.6. The number of hydrogen-bond acceptors (Lipinski definition) is 3. The average Bonchev–Trinajstić information content (AvgIpc) is 3.11. The lowest BCUT2D eigenvalue weighted by Crippen LogP contribution is -2.42. The molecule has 2 aromatic rings. The molecule has 24 heavy (non-hydrogen) atoms. The number of carbonyl (C=O) groups excluding carboxylic acids is 2. The molecule has 4 heteroatoms. The van der Waals surface area contributed by atoms with Gasteiger partial charge < -0.3 is 9.64 Å². The molecule has 0 radical (unpaired) electrons. The van der Waals surface area contributed by atoms with Crippen LogP contribution in [0.3, 0.4) is 0 Å². The summed E-state index contributed by atoms with van der Waals surface area (Å²) < 4.78 is 5.41. The van der Waals surface area contributed by atoms with Crippen molar-refractivity contribution < 1.29 is 14.3 Å². The van der Waals surface area contributed by atoms with Gasteiger partial charge in [-0.1, -0.05) is 60.7 Å². The van der Waals surface area contributed by atoms with Crippen molar-refractivity contribution in [2.75, 3.05) is 6.54 Å². The van der Waals surface area contributed by atoms with Crippen LogP contribution in [-0.4, -0.2) is 29.4 Å². The summed E-state index contributed by atoms with van der Waals surface area (Å²) in [5.41, 5.74) is 1.91. The van der Waals surface area contributed by atoms with Crippen LogP contribution in [0.25, 0.3) is 0 Å². The Balaban J connectivity index is 1.58. The molecule has 0 N–H and O–H groups in total. The number of likely N-dealkylation sites (tertiary alicyclic amines) is 1. The Morgan fingerprint density at radius 2 is 1.58 bits per heavy atom. The number of ether oxygens (including phenoxy) is 1. The van der Waals surface area contributed by atoms with Crippen LogP contribution in [0.2, 0.25) is 0 Å². The van der Waals surface area contributed by atoms with Crippen LogP contribution < -0.4 is 0 Å². The molecule has 2 aromatic carbocycles. The number of rotatable bonds is 5. The van der Waals surface area contributed by atoms with Gasteiger partial charge >= 0.3 is 5.97 Å². The maximum absolute atomic E-state index is 12.5. The van der Waals surface area contributed by atoms with Gasteiger partial charge in [0.25, 0.3) is 0 Å². The van der Waals surface area contributed by atoms with Gasteiger partial charge in [-0.15, -0.1) is 0 Å². The van der Waals surface area contributed by atoms with Gasteiger partial charge in [0.15, 0.2) is 0 Å². The summed E-state index contributed by atoms with van der Waals surface area (Å²) in [5, 5.41) is 0. The number of nitrogens with zero attached hydrogens (tertiary/aromatic N) is 1. The summed E-state index contributed by atoms with van der Waals surface area (Å²) in [6.07, 6.45) is 1.84. The van der Waals surface area contributed by atoms with E-state index in [4.69, 9.17) is 4.74 Å². The molecule has 0 bridgehead atoms. The van der Waals surface area contributed by atoms with Crippen LogP contribution in [-0.2, 0) is 27.4 Å². The molecule has 0 unspecified atom stereocenters. The van der Waals surface area contributed by atoms with Crippen molar-refractivity contribution >= 4 is 11.9 Å². The minimum Gasteiger partial charge on any atom is -0.459 e. The molecule has 1 amide bonds. The third-order valence-electron chi connectivity index (χ3n) is 4.27. The van der Waals surface area contributed by atoms with Gasteiger partial charge in [0.1, 0.15) is 12.6 Å². The topological polar surface area (TPSA) is 46.6 Å². The van der Waals surface area contributed by atoms with E-state index in [2.05, 4.69) is 0 Å². The van der Waals surface area contributed by atoms with Gasteiger partial charge in [0.05, 0.1) is 6.42 Å². The van der Waals surface area contributed by atoms with Crippen molar-refractivity contribution in [3.05, 3.63) is 71.8 Å². The summed E-state index contributed by atoms with van der Waals surface area (Å²) in [6, 6.07) is 18.7. The molecule has 1 heterocycles. The predicted octanol–water partition coefficient (Wildman–Crippen LogP) is 2.96. The summed E-state index contributed by atoms with van der Waals surface area (Å²) >= 11 is 0. The predicted molar refractivity (Wildman–Crippen MR) is 91.1 cm³/mol. The fourth-order valence-corrected chi connectivity index (χ4v) is 3.01. The van der Waals surface area contributed by atoms with Crippen molar-refractivity contribution in [2.24, 2.45) is 0 Å². The average molecular weight is 323 g/mol. The molecular weight excluding hydrogens is 302 g/mol. The first-order chi connectivity index (χ1) is 11.7. The molecule has 124 valence electrons. The minimum absolute atomic E-state index is 0.0136. The van der Waals surface area contributed by atoms with E-state index >= 15 is 0 Å². The molecule has 1 atom stereocenters. The summed E-state index contributed by atoms with van der Waals surface area (Å²) in [7, 11) is 0. The number of amides is 1. The third kappa shape index (κ3) is 4.02. The normalized spacial score (nSPS) is 16.8. The second-order valence-electron chi connectivity index (χ2n) is 6.00. The summed E-state index contributed by atoms with van der Waals surface area (Å²) in [4.78, 5) is 26.6. The van der Waals surface area contributed by atoms with Crippen LogP contribution in [0.4, 0.5) is 0 Å². The van der Waals surface area contributed by atoms with Gasteiger partial charge in [0.2, 0.25) is 5.91 Å². The van der Waals surface area contributed by atoms with Gasteiger partial charge in [-0.2, -0.15) is 0 Å². The van der Waals surface area contributed by atoms with E-state index in [-0.39, 0.29) is 18.5 Å². The quantitative estimate of drug-likeness (QED) is 0.795. The Hall–Kier alpha value is -2.62. The van der Waals surface area contributed by atoms with Crippen molar-refractivity contribution in [2.45, 2.75) is 31.9 Å². The van der Waals surface area contributed by atoms with Crippen LogP contribution >= 0.6 is 0 Å². The molecule has 1 aliphatic heterocycles. The van der Waals surface area contributed by atoms with Gasteiger partial charge in [-0.3, -0.25) is 4.79 Å². The smallest absolute Gasteiger partial charge is 0.329 e. The van der Waals surface area contributed by atoms with E-state index in [0.29, 0.717) is 19.4 Å². The van der Waals surface area contributed by atoms with Crippen molar-refractivity contribution in [1.29, 1.82) is 0 Å². The van der Waals surface area contributed by atoms with Gasteiger partial charge in [-0.05, 0) is 24.0 Å². The Bertz CT molecular complexity index is 685. The number of benzene rings is 2. The van der Waals surface area contributed by atoms with E-state index in [0.717, 1.165) is 17.5 Å². The minimum atomic E-state index is -0.454. The Kier molecular flexibility index (Phi) is 5.26. The number of hydrogen-bond donors (Lipinski definition) is 0.